The molecule has 0 spiro atoms. The second-order valence-corrected chi connectivity index (χ2v) is 7.74. The molecule has 0 amide bonds. The van der Waals surface area contributed by atoms with Gasteiger partial charge < -0.3 is 5.32 Å². The number of aryl methyl sites for hydroxylation is 2. The zero-order chi connectivity index (χ0) is 14.1. The number of nitrogens with one attached hydrogen (secondary N) is 1. The summed E-state index contributed by atoms with van der Waals surface area (Å²) in [5, 5.41) is 8.05. The normalized spacial score (nSPS) is 13.1. The Morgan fingerprint density at radius 1 is 1.22 bits per heavy atom. The molecule has 0 aliphatic rings. The maximum atomic E-state index is 4.42. The van der Waals surface area contributed by atoms with Gasteiger partial charge in [-0.1, -0.05) is 20.8 Å². The molecule has 0 aliphatic carbocycles. The van der Waals surface area contributed by atoms with Gasteiger partial charge in [-0.2, -0.15) is 5.10 Å². The summed E-state index contributed by atoms with van der Waals surface area (Å²) in [5.41, 5.74) is 2.70. The number of hydrogen-bond donors (Lipinski definition) is 1. The van der Waals surface area contributed by atoms with Crippen LogP contribution in [-0.2, 0) is 13.6 Å². The third-order valence-corrected chi connectivity index (χ3v) is 4.00. The Labute approximate surface area is 119 Å². The summed E-state index contributed by atoms with van der Waals surface area (Å²) in [7, 11) is 1.99. The highest BCUT2D eigenvalue weighted by molar-refractivity contribution is 9.10. The van der Waals surface area contributed by atoms with Gasteiger partial charge in [0, 0.05) is 19.1 Å². The van der Waals surface area contributed by atoms with Gasteiger partial charge in [-0.15, -0.1) is 0 Å². The topological polar surface area (TPSA) is 29.9 Å². The van der Waals surface area contributed by atoms with Crippen molar-refractivity contribution in [2.24, 2.45) is 12.5 Å². The fraction of sp³-hybridized carbons (Fsp3) is 0.786. The first-order chi connectivity index (χ1) is 8.02. The number of aromatic nitrogens is 2. The van der Waals surface area contributed by atoms with E-state index in [1.807, 2.05) is 18.7 Å². The molecule has 1 rings (SSSR count). The van der Waals surface area contributed by atoms with Gasteiger partial charge in [0.2, 0.25) is 0 Å². The molecule has 0 saturated heterocycles. The van der Waals surface area contributed by atoms with Crippen LogP contribution < -0.4 is 5.32 Å². The number of hydrogen-bond acceptors (Lipinski definition) is 2. The van der Waals surface area contributed by atoms with Crippen LogP contribution in [0.15, 0.2) is 4.47 Å². The van der Waals surface area contributed by atoms with Crippen molar-refractivity contribution in [3.8, 4) is 0 Å². The quantitative estimate of drug-likeness (QED) is 0.916. The van der Waals surface area contributed by atoms with Crippen LogP contribution in [0.2, 0.25) is 0 Å². The van der Waals surface area contributed by atoms with E-state index < -0.39 is 0 Å². The highest BCUT2D eigenvalue weighted by Crippen LogP contribution is 2.27. The molecule has 1 N–H and O–H groups in total. The van der Waals surface area contributed by atoms with Crippen LogP contribution >= 0.6 is 15.9 Å². The predicted octanol–water partition coefficient (Wildman–Crippen LogP) is 3.80. The predicted molar refractivity (Wildman–Crippen MR) is 80.6 cm³/mol. The van der Waals surface area contributed by atoms with Crippen LogP contribution in [0.25, 0.3) is 0 Å². The Morgan fingerprint density at radius 2 is 1.78 bits per heavy atom. The third-order valence-electron chi connectivity index (χ3n) is 2.97. The first-order valence-corrected chi connectivity index (χ1v) is 7.24. The minimum Gasteiger partial charge on any atom is -0.306 e. The lowest BCUT2D eigenvalue weighted by Gasteiger charge is -2.33. The fourth-order valence-electron chi connectivity index (χ4n) is 2.58. The molecular weight excluding hydrogens is 290 g/mol. The summed E-state index contributed by atoms with van der Waals surface area (Å²) < 4.78 is 3.06. The second kappa shape index (κ2) is 5.33. The Morgan fingerprint density at radius 3 is 2.17 bits per heavy atom. The van der Waals surface area contributed by atoms with E-state index in [9.17, 15) is 0 Å². The molecule has 4 heteroatoms. The van der Waals surface area contributed by atoms with Gasteiger partial charge in [-0.25, -0.2) is 0 Å². The molecule has 3 nitrogen and oxygen atoms in total. The Kier molecular flexibility index (Phi) is 4.65. The van der Waals surface area contributed by atoms with Crippen molar-refractivity contribution < 1.29 is 0 Å². The van der Waals surface area contributed by atoms with Gasteiger partial charge in [0.1, 0.15) is 0 Å². The van der Waals surface area contributed by atoms with Crippen LogP contribution in [-0.4, -0.2) is 15.3 Å². The average Bonchev–Trinajstić information content (AvgIpc) is 2.35. The zero-order valence-electron chi connectivity index (χ0n) is 12.7. The smallest absolute Gasteiger partial charge is 0.0739 e. The van der Waals surface area contributed by atoms with E-state index in [4.69, 9.17) is 0 Å². The van der Waals surface area contributed by atoms with E-state index in [2.05, 4.69) is 61.0 Å². The standard InChI is InChI=1S/C14H26BrN3/c1-10-12(15)11(18(7)17-10)8-16-14(5,6)9-13(2,3)4/h16H,8-9H2,1-7H3. The second-order valence-electron chi connectivity index (χ2n) is 6.94. The van der Waals surface area contributed by atoms with Crippen molar-refractivity contribution in [1.82, 2.24) is 15.1 Å². The Bertz CT molecular complexity index is 413. The van der Waals surface area contributed by atoms with Gasteiger partial charge in [-0.05, 0) is 48.5 Å². The first-order valence-electron chi connectivity index (χ1n) is 6.45. The average molecular weight is 316 g/mol. The summed E-state index contributed by atoms with van der Waals surface area (Å²) in [5.74, 6) is 0. The summed E-state index contributed by atoms with van der Waals surface area (Å²) in [4.78, 5) is 0. The van der Waals surface area contributed by atoms with E-state index in [0.717, 1.165) is 23.1 Å². The molecule has 0 radical (unpaired) electrons. The molecular formula is C14H26BrN3. The van der Waals surface area contributed by atoms with Gasteiger partial charge in [-0.3, -0.25) is 4.68 Å². The summed E-state index contributed by atoms with van der Waals surface area (Å²) in [6.07, 6.45) is 1.13. The molecule has 0 saturated carbocycles. The molecule has 0 unspecified atom stereocenters. The molecule has 1 aromatic rings. The molecule has 0 fully saturated rings. The SMILES string of the molecule is Cc1nn(C)c(CNC(C)(C)CC(C)(C)C)c1Br. The van der Waals surface area contributed by atoms with Gasteiger partial charge in [0.15, 0.2) is 0 Å². The van der Waals surface area contributed by atoms with E-state index in [1.54, 1.807) is 0 Å². The van der Waals surface area contributed by atoms with Crippen LogP contribution in [0.5, 0.6) is 0 Å². The van der Waals surface area contributed by atoms with Crippen molar-refractivity contribution in [3.05, 3.63) is 15.9 Å². The lowest BCUT2D eigenvalue weighted by molar-refractivity contribution is 0.239. The first kappa shape index (κ1) is 15.7. The van der Waals surface area contributed by atoms with Crippen LogP contribution in [0.3, 0.4) is 0 Å². The summed E-state index contributed by atoms with van der Waals surface area (Å²) in [6.45, 7) is 14.2. The zero-order valence-corrected chi connectivity index (χ0v) is 14.3. The van der Waals surface area contributed by atoms with Gasteiger partial charge in [0.05, 0.1) is 15.9 Å². The molecule has 0 bridgehead atoms. The lowest BCUT2D eigenvalue weighted by Crippen LogP contribution is -2.42. The van der Waals surface area contributed by atoms with Crippen molar-refractivity contribution in [1.29, 1.82) is 0 Å². The van der Waals surface area contributed by atoms with E-state index >= 15 is 0 Å². The summed E-state index contributed by atoms with van der Waals surface area (Å²) >= 11 is 3.61. The van der Waals surface area contributed by atoms with Crippen LogP contribution in [0, 0.1) is 12.3 Å². The van der Waals surface area contributed by atoms with Crippen molar-refractivity contribution in [2.75, 3.05) is 0 Å². The number of nitrogens with zero attached hydrogens (tertiary/aromatic N) is 2. The lowest BCUT2D eigenvalue weighted by atomic mass is 9.82. The van der Waals surface area contributed by atoms with Crippen molar-refractivity contribution in [3.63, 3.8) is 0 Å². The Hall–Kier alpha value is -0.350. The molecule has 18 heavy (non-hydrogen) atoms. The van der Waals surface area contributed by atoms with Crippen molar-refractivity contribution in [2.45, 2.75) is 60.0 Å². The number of halogens is 1. The third kappa shape index (κ3) is 4.39. The molecule has 0 atom stereocenters. The highest BCUT2D eigenvalue weighted by atomic mass is 79.9. The maximum Gasteiger partial charge on any atom is 0.0739 e. The minimum atomic E-state index is 0.121. The summed E-state index contributed by atoms with van der Waals surface area (Å²) in [6, 6.07) is 0. The Balaban J connectivity index is 2.70. The minimum absolute atomic E-state index is 0.121. The van der Waals surface area contributed by atoms with E-state index in [1.165, 1.54) is 5.69 Å². The highest BCUT2D eigenvalue weighted by Gasteiger charge is 2.25. The monoisotopic (exact) mass is 315 g/mol. The molecule has 1 heterocycles. The van der Waals surface area contributed by atoms with Crippen LogP contribution in [0.1, 0.15) is 52.4 Å². The molecule has 0 aliphatic heterocycles. The largest absolute Gasteiger partial charge is 0.306 e. The van der Waals surface area contributed by atoms with E-state index in [-0.39, 0.29) is 5.54 Å². The van der Waals surface area contributed by atoms with Gasteiger partial charge in [0.25, 0.3) is 0 Å². The fourth-order valence-corrected chi connectivity index (χ4v) is 3.06. The molecule has 0 aromatic carbocycles. The van der Waals surface area contributed by atoms with Gasteiger partial charge >= 0.3 is 0 Å². The molecule has 1 aromatic heterocycles. The molecule has 104 valence electrons. The number of rotatable bonds is 4. The van der Waals surface area contributed by atoms with Crippen LogP contribution in [0.4, 0.5) is 0 Å². The maximum absolute atomic E-state index is 4.42. The van der Waals surface area contributed by atoms with Crippen molar-refractivity contribution >= 4 is 15.9 Å². The van der Waals surface area contributed by atoms with E-state index in [0.29, 0.717) is 5.41 Å².